The average molecular weight is 311 g/mol. The minimum absolute atomic E-state index is 0.0441. The minimum atomic E-state index is -0.0971. The molecular formula is C21H29NO. The summed E-state index contributed by atoms with van der Waals surface area (Å²) in [7, 11) is 0. The third kappa shape index (κ3) is 4.13. The van der Waals surface area contributed by atoms with Gasteiger partial charge in [0.25, 0.3) is 0 Å². The van der Waals surface area contributed by atoms with Crippen molar-refractivity contribution in [2.75, 3.05) is 0 Å². The molecule has 2 aromatic rings. The van der Waals surface area contributed by atoms with Crippen LogP contribution in [0.4, 0.5) is 0 Å². The highest BCUT2D eigenvalue weighted by Gasteiger charge is 2.25. The van der Waals surface area contributed by atoms with E-state index >= 15 is 0 Å². The van der Waals surface area contributed by atoms with Crippen LogP contribution in [0.3, 0.4) is 0 Å². The van der Waals surface area contributed by atoms with Crippen LogP contribution in [0.2, 0.25) is 0 Å². The van der Waals surface area contributed by atoms with E-state index in [9.17, 15) is 5.11 Å². The van der Waals surface area contributed by atoms with Crippen molar-refractivity contribution in [1.82, 2.24) is 4.98 Å². The zero-order valence-corrected chi connectivity index (χ0v) is 15.5. The Bertz CT molecular complexity index is 703. The molecule has 0 saturated heterocycles. The predicted octanol–water partition coefficient (Wildman–Crippen LogP) is 5.28. The minimum Gasteiger partial charge on any atom is -0.507 e. The summed E-state index contributed by atoms with van der Waals surface area (Å²) < 4.78 is 0. The third-order valence-electron chi connectivity index (χ3n) is 4.21. The van der Waals surface area contributed by atoms with Crippen LogP contribution >= 0.6 is 0 Å². The fourth-order valence-electron chi connectivity index (χ4n) is 2.72. The van der Waals surface area contributed by atoms with Gasteiger partial charge in [-0.1, -0.05) is 53.7 Å². The van der Waals surface area contributed by atoms with Crippen molar-refractivity contribution < 1.29 is 5.11 Å². The van der Waals surface area contributed by atoms with Crippen molar-refractivity contribution in [2.24, 2.45) is 0 Å². The molecule has 1 N–H and O–H groups in total. The van der Waals surface area contributed by atoms with Gasteiger partial charge in [0.1, 0.15) is 5.75 Å². The fourth-order valence-corrected chi connectivity index (χ4v) is 2.72. The number of rotatable bonds is 2. The number of benzene rings is 1. The molecule has 23 heavy (non-hydrogen) atoms. The third-order valence-corrected chi connectivity index (χ3v) is 4.21. The first-order valence-corrected chi connectivity index (χ1v) is 8.27. The second-order valence-electron chi connectivity index (χ2n) is 8.53. The molecule has 0 amide bonds. The lowest BCUT2D eigenvalue weighted by Gasteiger charge is -2.27. The van der Waals surface area contributed by atoms with E-state index in [-0.39, 0.29) is 10.8 Å². The molecule has 2 rings (SSSR count). The first-order valence-electron chi connectivity index (χ1n) is 8.27. The molecule has 0 fully saturated rings. The number of hydrogen-bond acceptors (Lipinski definition) is 2. The Morgan fingerprint density at radius 2 is 1.61 bits per heavy atom. The van der Waals surface area contributed by atoms with E-state index < -0.39 is 0 Å². The molecule has 0 aliphatic heterocycles. The van der Waals surface area contributed by atoms with E-state index in [1.165, 1.54) is 11.1 Å². The number of phenols is 1. The van der Waals surface area contributed by atoms with Crippen molar-refractivity contribution in [3.8, 4) is 5.75 Å². The topological polar surface area (TPSA) is 33.1 Å². The van der Waals surface area contributed by atoms with Gasteiger partial charge in [-0.2, -0.15) is 0 Å². The van der Waals surface area contributed by atoms with E-state index in [0.29, 0.717) is 12.2 Å². The Balaban J connectivity index is 2.58. The monoisotopic (exact) mass is 311 g/mol. The van der Waals surface area contributed by atoms with Crippen LogP contribution in [0.1, 0.15) is 69.5 Å². The highest BCUT2D eigenvalue weighted by molar-refractivity contribution is 5.50. The summed E-state index contributed by atoms with van der Waals surface area (Å²) in [6.45, 7) is 15.1. The van der Waals surface area contributed by atoms with Crippen LogP contribution in [0, 0.1) is 6.92 Å². The maximum atomic E-state index is 10.8. The molecule has 2 heteroatoms. The summed E-state index contributed by atoms with van der Waals surface area (Å²) in [5.74, 6) is 0.411. The van der Waals surface area contributed by atoms with Crippen LogP contribution in [0.15, 0.2) is 30.5 Å². The van der Waals surface area contributed by atoms with Crippen LogP contribution < -0.4 is 0 Å². The van der Waals surface area contributed by atoms with Crippen molar-refractivity contribution in [1.29, 1.82) is 0 Å². The standard InChI is InChI=1S/C21H29NO/c1-14-8-9-22-17(10-14)12-15-11-16(20(2,3)4)13-18(19(15)23)21(5,6)7/h8-11,13,23H,12H2,1-7H3. The van der Waals surface area contributed by atoms with Crippen molar-refractivity contribution in [3.05, 3.63) is 58.4 Å². The Morgan fingerprint density at radius 1 is 0.957 bits per heavy atom. The lowest BCUT2D eigenvalue weighted by atomic mass is 9.78. The highest BCUT2D eigenvalue weighted by atomic mass is 16.3. The van der Waals surface area contributed by atoms with Gasteiger partial charge in [-0.05, 0) is 46.6 Å². The normalized spacial score (nSPS) is 12.5. The summed E-state index contributed by atoms with van der Waals surface area (Å²) in [5.41, 5.74) is 5.35. The van der Waals surface area contributed by atoms with Gasteiger partial charge in [-0.15, -0.1) is 0 Å². The van der Waals surface area contributed by atoms with Gasteiger partial charge in [0.05, 0.1) is 0 Å². The molecular weight excluding hydrogens is 282 g/mol. The van der Waals surface area contributed by atoms with Gasteiger partial charge in [-0.3, -0.25) is 4.98 Å². The van der Waals surface area contributed by atoms with E-state index in [0.717, 1.165) is 16.8 Å². The first-order chi connectivity index (χ1) is 10.5. The van der Waals surface area contributed by atoms with Gasteiger partial charge in [0, 0.05) is 23.9 Å². The van der Waals surface area contributed by atoms with Gasteiger partial charge in [-0.25, -0.2) is 0 Å². The number of phenolic OH excluding ortho intramolecular Hbond substituents is 1. The van der Waals surface area contributed by atoms with E-state index in [4.69, 9.17) is 0 Å². The molecule has 0 unspecified atom stereocenters. The summed E-state index contributed by atoms with van der Waals surface area (Å²) in [5, 5.41) is 10.8. The van der Waals surface area contributed by atoms with Crippen LogP contribution in [-0.4, -0.2) is 10.1 Å². The number of nitrogens with zero attached hydrogens (tertiary/aromatic N) is 1. The average Bonchev–Trinajstić information content (AvgIpc) is 2.38. The molecule has 0 spiro atoms. The molecule has 2 nitrogen and oxygen atoms in total. The van der Waals surface area contributed by atoms with Crippen molar-refractivity contribution in [2.45, 2.75) is 65.7 Å². The Kier molecular flexibility index (Phi) is 4.57. The second-order valence-corrected chi connectivity index (χ2v) is 8.53. The Morgan fingerprint density at radius 3 is 2.13 bits per heavy atom. The summed E-state index contributed by atoms with van der Waals surface area (Å²) >= 11 is 0. The molecule has 1 aromatic carbocycles. The fraction of sp³-hybridized carbons (Fsp3) is 0.476. The number of aromatic nitrogens is 1. The molecule has 0 radical (unpaired) electrons. The largest absolute Gasteiger partial charge is 0.507 e. The molecule has 124 valence electrons. The zero-order valence-electron chi connectivity index (χ0n) is 15.5. The maximum Gasteiger partial charge on any atom is 0.122 e. The lowest BCUT2D eigenvalue weighted by Crippen LogP contribution is -2.17. The molecule has 1 heterocycles. The molecule has 1 aromatic heterocycles. The zero-order chi connectivity index (χ0) is 17.4. The summed E-state index contributed by atoms with van der Waals surface area (Å²) in [4.78, 5) is 4.45. The molecule has 0 atom stereocenters. The van der Waals surface area contributed by atoms with E-state index in [1.807, 2.05) is 12.3 Å². The number of aryl methyl sites for hydroxylation is 1. The predicted molar refractivity (Wildman–Crippen MR) is 97.3 cm³/mol. The SMILES string of the molecule is Cc1ccnc(Cc2cc(C(C)(C)C)cc(C(C)(C)C)c2O)c1. The van der Waals surface area contributed by atoms with Gasteiger partial charge >= 0.3 is 0 Å². The molecule has 0 bridgehead atoms. The smallest absolute Gasteiger partial charge is 0.122 e. The van der Waals surface area contributed by atoms with Crippen LogP contribution in [0.25, 0.3) is 0 Å². The van der Waals surface area contributed by atoms with Crippen LogP contribution in [0.5, 0.6) is 5.75 Å². The lowest BCUT2D eigenvalue weighted by molar-refractivity contribution is 0.439. The van der Waals surface area contributed by atoms with Gasteiger partial charge in [0.2, 0.25) is 0 Å². The quantitative estimate of drug-likeness (QED) is 0.818. The van der Waals surface area contributed by atoms with Gasteiger partial charge in [0.15, 0.2) is 0 Å². The molecule has 0 aliphatic rings. The Labute approximate surface area is 140 Å². The molecule has 0 saturated carbocycles. The second kappa shape index (κ2) is 5.99. The number of hydrogen-bond donors (Lipinski definition) is 1. The summed E-state index contributed by atoms with van der Waals surface area (Å²) in [6.07, 6.45) is 2.49. The van der Waals surface area contributed by atoms with Crippen molar-refractivity contribution in [3.63, 3.8) is 0 Å². The van der Waals surface area contributed by atoms with Crippen molar-refractivity contribution >= 4 is 0 Å². The number of pyridine rings is 1. The number of aromatic hydroxyl groups is 1. The van der Waals surface area contributed by atoms with Gasteiger partial charge < -0.3 is 5.11 Å². The maximum absolute atomic E-state index is 10.8. The highest BCUT2D eigenvalue weighted by Crippen LogP contribution is 2.38. The first kappa shape index (κ1) is 17.5. The van der Waals surface area contributed by atoms with E-state index in [1.54, 1.807) is 0 Å². The molecule has 0 aliphatic carbocycles. The summed E-state index contributed by atoms with van der Waals surface area (Å²) in [6, 6.07) is 8.37. The van der Waals surface area contributed by atoms with E-state index in [2.05, 4.69) is 71.6 Å². The Hall–Kier alpha value is -1.83. The van der Waals surface area contributed by atoms with Crippen LogP contribution in [-0.2, 0) is 17.3 Å².